The fourth-order valence-corrected chi connectivity index (χ4v) is 2.64. The highest BCUT2D eigenvalue weighted by molar-refractivity contribution is 4.91. The zero-order valence-corrected chi connectivity index (χ0v) is 11.5. The SMILES string of the molecule is CCNC(CC1CCC1)C(C)(CC)OCC. The van der Waals surface area contributed by atoms with Gasteiger partial charge in [0.05, 0.1) is 5.60 Å². The van der Waals surface area contributed by atoms with Gasteiger partial charge < -0.3 is 10.1 Å². The molecule has 2 unspecified atom stereocenters. The van der Waals surface area contributed by atoms with E-state index in [-0.39, 0.29) is 5.60 Å². The first-order chi connectivity index (χ1) is 7.66. The summed E-state index contributed by atoms with van der Waals surface area (Å²) in [6.45, 7) is 10.6. The molecular formula is C14H29NO. The van der Waals surface area contributed by atoms with Crippen LogP contribution in [0, 0.1) is 5.92 Å². The van der Waals surface area contributed by atoms with Crippen LogP contribution in [0.2, 0.25) is 0 Å². The second-order valence-corrected chi connectivity index (χ2v) is 5.24. The fraction of sp³-hybridized carbons (Fsp3) is 1.00. The Morgan fingerprint density at radius 1 is 1.31 bits per heavy atom. The van der Waals surface area contributed by atoms with Crippen LogP contribution in [0.1, 0.15) is 59.8 Å². The largest absolute Gasteiger partial charge is 0.374 e. The Bertz CT molecular complexity index is 191. The summed E-state index contributed by atoms with van der Waals surface area (Å²) >= 11 is 0. The monoisotopic (exact) mass is 227 g/mol. The van der Waals surface area contributed by atoms with Gasteiger partial charge >= 0.3 is 0 Å². The Morgan fingerprint density at radius 3 is 2.38 bits per heavy atom. The molecule has 0 heterocycles. The van der Waals surface area contributed by atoms with Crippen molar-refractivity contribution in [3.63, 3.8) is 0 Å². The van der Waals surface area contributed by atoms with Crippen molar-refractivity contribution in [2.75, 3.05) is 13.2 Å². The molecule has 1 rings (SSSR count). The zero-order valence-electron chi connectivity index (χ0n) is 11.5. The second-order valence-electron chi connectivity index (χ2n) is 5.24. The molecule has 0 radical (unpaired) electrons. The average molecular weight is 227 g/mol. The van der Waals surface area contributed by atoms with Gasteiger partial charge in [-0.2, -0.15) is 0 Å². The molecule has 96 valence electrons. The van der Waals surface area contributed by atoms with Crippen molar-refractivity contribution in [3.05, 3.63) is 0 Å². The number of hydrogen-bond donors (Lipinski definition) is 1. The molecule has 0 aromatic heterocycles. The lowest BCUT2D eigenvalue weighted by atomic mass is 9.76. The topological polar surface area (TPSA) is 21.3 Å². The van der Waals surface area contributed by atoms with Gasteiger partial charge in [-0.15, -0.1) is 0 Å². The van der Waals surface area contributed by atoms with Gasteiger partial charge in [-0.3, -0.25) is 0 Å². The van der Waals surface area contributed by atoms with Crippen molar-refractivity contribution in [1.29, 1.82) is 0 Å². The highest BCUT2D eigenvalue weighted by Gasteiger charge is 2.35. The minimum atomic E-state index is 0.0142. The summed E-state index contributed by atoms with van der Waals surface area (Å²) in [5.74, 6) is 0.940. The standard InChI is InChI=1S/C14H29NO/c1-5-14(4,16-7-3)13(15-6-2)11-12-9-8-10-12/h12-13,15H,5-11H2,1-4H3. The smallest absolute Gasteiger partial charge is 0.0804 e. The van der Waals surface area contributed by atoms with E-state index in [9.17, 15) is 0 Å². The van der Waals surface area contributed by atoms with E-state index < -0.39 is 0 Å². The predicted octanol–water partition coefficient (Wildman–Crippen LogP) is 3.36. The minimum absolute atomic E-state index is 0.0142. The van der Waals surface area contributed by atoms with Crippen molar-refractivity contribution in [2.24, 2.45) is 5.92 Å². The summed E-state index contributed by atoms with van der Waals surface area (Å²) < 4.78 is 6.00. The third kappa shape index (κ3) is 3.46. The van der Waals surface area contributed by atoms with E-state index in [1.807, 2.05) is 0 Å². The minimum Gasteiger partial charge on any atom is -0.374 e. The van der Waals surface area contributed by atoms with Crippen molar-refractivity contribution < 1.29 is 4.74 Å². The normalized spacial score (nSPS) is 22.5. The van der Waals surface area contributed by atoms with Crippen LogP contribution in [0.5, 0.6) is 0 Å². The van der Waals surface area contributed by atoms with E-state index in [1.54, 1.807) is 0 Å². The van der Waals surface area contributed by atoms with Crippen LogP contribution in [0.4, 0.5) is 0 Å². The molecule has 0 aliphatic heterocycles. The molecule has 0 amide bonds. The molecule has 0 saturated heterocycles. The Balaban J connectivity index is 2.56. The second kappa shape index (κ2) is 6.61. The molecule has 2 nitrogen and oxygen atoms in total. The molecular weight excluding hydrogens is 198 g/mol. The summed E-state index contributed by atoms with van der Waals surface area (Å²) in [4.78, 5) is 0. The highest BCUT2D eigenvalue weighted by atomic mass is 16.5. The Morgan fingerprint density at radius 2 is 2.00 bits per heavy atom. The molecule has 16 heavy (non-hydrogen) atoms. The van der Waals surface area contributed by atoms with Gasteiger partial charge in [0, 0.05) is 12.6 Å². The summed E-state index contributed by atoms with van der Waals surface area (Å²) in [6.07, 6.45) is 6.66. The number of rotatable bonds is 8. The van der Waals surface area contributed by atoms with Gasteiger partial charge in [0.1, 0.15) is 0 Å². The van der Waals surface area contributed by atoms with Gasteiger partial charge in [-0.1, -0.05) is 33.1 Å². The number of likely N-dealkylation sites (N-methyl/N-ethyl adjacent to an activating group) is 1. The molecule has 1 aliphatic carbocycles. The van der Waals surface area contributed by atoms with Crippen LogP contribution in [0.3, 0.4) is 0 Å². The van der Waals surface area contributed by atoms with Crippen LogP contribution < -0.4 is 5.32 Å². The van der Waals surface area contributed by atoms with Crippen molar-refractivity contribution >= 4 is 0 Å². The first-order valence-electron chi connectivity index (χ1n) is 7.03. The van der Waals surface area contributed by atoms with E-state index >= 15 is 0 Å². The van der Waals surface area contributed by atoms with Crippen molar-refractivity contribution in [1.82, 2.24) is 5.32 Å². The lowest BCUT2D eigenvalue weighted by molar-refractivity contribution is -0.0622. The molecule has 1 saturated carbocycles. The lowest BCUT2D eigenvalue weighted by Gasteiger charge is -2.41. The van der Waals surface area contributed by atoms with E-state index in [4.69, 9.17) is 4.74 Å². The average Bonchev–Trinajstić information content (AvgIpc) is 2.21. The summed E-state index contributed by atoms with van der Waals surface area (Å²) in [5, 5.41) is 3.63. The van der Waals surface area contributed by atoms with Crippen LogP contribution in [0.25, 0.3) is 0 Å². The van der Waals surface area contributed by atoms with Crippen LogP contribution >= 0.6 is 0 Å². The van der Waals surface area contributed by atoms with Gasteiger partial charge in [0.2, 0.25) is 0 Å². The predicted molar refractivity (Wildman–Crippen MR) is 69.7 cm³/mol. The molecule has 1 fully saturated rings. The Kier molecular flexibility index (Phi) is 5.77. The van der Waals surface area contributed by atoms with Crippen LogP contribution in [-0.4, -0.2) is 24.8 Å². The summed E-state index contributed by atoms with van der Waals surface area (Å²) in [6, 6.07) is 0.521. The maximum Gasteiger partial charge on any atom is 0.0804 e. The van der Waals surface area contributed by atoms with Crippen molar-refractivity contribution in [3.8, 4) is 0 Å². The van der Waals surface area contributed by atoms with Crippen LogP contribution in [-0.2, 0) is 4.74 Å². The van der Waals surface area contributed by atoms with Gasteiger partial charge in [0.15, 0.2) is 0 Å². The number of hydrogen-bond acceptors (Lipinski definition) is 2. The maximum atomic E-state index is 6.00. The zero-order chi connectivity index (χ0) is 12.0. The first kappa shape index (κ1) is 14.0. The molecule has 2 heteroatoms. The third-order valence-electron chi connectivity index (χ3n) is 4.16. The fourth-order valence-electron chi connectivity index (χ4n) is 2.64. The first-order valence-corrected chi connectivity index (χ1v) is 7.03. The molecule has 1 N–H and O–H groups in total. The Labute approximate surface area is 101 Å². The highest BCUT2D eigenvalue weighted by Crippen LogP contribution is 2.34. The summed E-state index contributed by atoms with van der Waals surface area (Å²) in [7, 11) is 0. The van der Waals surface area contributed by atoms with Crippen LogP contribution in [0.15, 0.2) is 0 Å². The molecule has 0 aromatic rings. The maximum absolute atomic E-state index is 6.00. The van der Waals surface area contributed by atoms with E-state index in [0.717, 1.165) is 25.5 Å². The molecule has 0 bridgehead atoms. The number of ether oxygens (including phenoxy) is 1. The van der Waals surface area contributed by atoms with E-state index in [0.29, 0.717) is 6.04 Å². The van der Waals surface area contributed by atoms with E-state index in [1.165, 1.54) is 25.7 Å². The lowest BCUT2D eigenvalue weighted by Crippen LogP contribution is -2.51. The molecule has 0 spiro atoms. The third-order valence-corrected chi connectivity index (χ3v) is 4.16. The van der Waals surface area contributed by atoms with Gasteiger partial charge in [-0.25, -0.2) is 0 Å². The summed E-state index contributed by atoms with van der Waals surface area (Å²) in [5.41, 5.74) is 0.0142. The van der Waals surface area contributed by atoms with E-state index in [2.05, 4.69) is 33.0 Å². The van der Waals surface area contributed by atoms with Crippen molar-refractivity contribution in [2.45, 2.75) is 71.4 Å². The number of nitrogens with one attached hydrogen (secondary N) is 1. The molecule has 1 aliphatic rings. The van der Waals surface area contributed by atoms with Gasteiger partial charge in [0.25, 0.3) is 0 Å². The Hall–Kier alpha value is -0.0800. The molecule has 2 atom stereocenters. The van der Waals surface area contributed by atoms with Gasteiger partial charge in [-0.05, 0) is 39.2 Å². The quantitative estimate of drug-likeness (QED) is 0.686. The molecule has 0 aromatic carbocycles.